The molecule has 0 spiro atoms. The number of benzene rings is 4. The lowest BCUT2D eigenvalue weighted by Gasteiger charge is -2.15. The SMILES string of the molecule is Sc1ccccc1-c1ccccc1-c1ccccc1-c1ccccc1. The van der Waals surface area contributed by atoms with Gasteiger partial charge in [0.05, 0.1) is 0 Å². The highest BCUT2D eigenvalue weighted by atomic mass is 32.1. The summed E-state index contributed by atoms with van der Waals surface area (Å²) in [4.78, 5) is 0.993. The van der Waals surface area contributed by atoms with E-state index >= 15 is 0 Å². The van der Waals surface area contributed by atoms with E-state index in [0.717, 1.165) is 10.5 Å². The van der Waals surface area contributed by atoms with E-state index in [9.17, 15) is 0 Å². The molecular weight excluding hydrogens is 320 g/mol. The van der Waals surface area contributed by atoms with E-state index in [1.54, 1.807) is 0 Å². The molecule has 0 aliphatic carbocycles. The molecule has 120 valence electrons. The lowest BCUT2D eigenvalue weighted by Crippen LogP contribution is -1.89. The van der Waals surface area contributed by atoms with Crippen molar-refractivity contribution in [2.24, 2.45) is 0 Å². The first-order valence-electron chi connectivity index (χ1n) is 8.37. The molecule has 0 radical (unpaired) electrons. The highest BCUT2D eigenvalue weighted by molar-refractivity contribution is 7.80. The summed E-state index contributed by atoms with van der Waals surface area (Å²) in [5.74, 6) is 0. The summed E-state index contributed by atoms with van der Waals surface area (Å²) >= 11 is 4.66. The molecule has 0 aliphatic rings. The Hall–Kier alpha value is -2.77. The summed E-state index contributed by atoms with van der Waals surface area (Å²) < 4.78 is 0. The highest BCUT2D eigenvalue weighted by Crippen LogP contribution is 2.39. The molecule has 4 aromatic rings. The molecular formula is C24H18S. The monoisotopic (exact) mass is 338 g/mol. The summed E-state index contributed by atoms with van der Waals surface area (Å²) in [6.07, 6.45) is 0. The number of hydrogen-bond donors (Lipinski definition) is 1. The Morgan fingerprint density at radius 1 is 0.360 bits per heavy atom. The van der Waals surface area contributed by atoms with Crippen LogP contribution in [0.1, 0.15) is 0 Å². The lowest BCUT2D eigenvalue weighted by molar-refractivity contribution is 1.45. The first-order chi connectivity index (χ1) is 12.3. The third-order valence-corrected chi connectivity index (χ3v) is 4.81. The van der Waals surface area contributed by atoms with Crippen LogP contribution < -0.4 is 0 Å². The van der Waals surface area contributed by atoms with Gasteiger partial charge in [-0.15, -0.1) is 12.6 Å². The zero-order valence-corrected chi connectivity index (χ0v) is 14.7. The fraction of sp³-hybridized carbons (Fsp3) is 0. The Balaban J connectivity index is 1.95. The topological polar surface area (TPSA) is 0 Å². The van der Waals surface area contributed by atoms with Crippen molar-refractivity contribution in [2.45, 2.75) is 4.90 Å². The molecule has 0 bridgehead atoms. The maximum atomic E-state index is 4.66. The van der Waals surface area contributed by atoms with Crippen molar-refractivity contribution < 1.29 is 0 Å². The number of rotatable bonds is 3. The van der Waals surface area contributed by atoms with Crippen LogP contribution in [0.2, 0.25) is 0 Å². The standard InChI is InChI=1S/C24H18S/c25-24-17-9-8-16-23(24)22-15-7-6-14-21(22)20-13-5-4-12-19(20)18-10-2-1-3-11-18/h1-17,25H. The van der Waals surface area contributed by atoms with Crippen molar-refractivity contribution in [3.63, 3.8) is 0 Å². The smallest absolute Gasteiger partial charge is 0.0119 e. The van der Waals surface area contributed by atoms with Gasteiger partial charge in [0.25, 0.3) is 0 Å². The minimum Gasteiger partial charge on any atom is -0.143 e. The average molecular weight is 338 g/mol. The predicted molar refractivity (Wildman–Crippen MR) is 110 cm³/mol. The quantitative estimate of drug-likeness (QED) is 0.383. The molecule has 0 amide bonds. The first-order valence-corrected chi connectivity index (χ1v) is 8.81. The maximum absolute atomic E-state index is 4.66. The van der Waals surface area contributed by atoms with Crippen LogP contribution in [0.25, 0.3) is 33.4 Å². The van der Waals surface area contributed by atoms with Crippen molar-refractivity contribution >= 4 is 12.6 Å². The van der Waals surface area contributed by atoms with E-state index in [0.29, 0.717) is 0 Å². The van der Waals surface area contributed by atoms with E-state index in [4.69, 9.17) is 0 Å². The van der Waals surface area contributed by atoms with Crippen LogP contribution in [-0.2, 0) is 0 Å². The van der Waals surface area contributed by atoms with Crippen LogP contribution in [0.4, 0.5) is 0 Å². The van der Waals surface area contributed by atoms with Gasteiger partial charge in [0, 0.05) is 4.90 Å². The molecule has 0 unspecified atom stereocenters. The van der Waals surface area contributed by atoms with Crippen molar-refractivity contribution in [2.75, 3.05) is 0 Å². The van der Waals surface area contributed by atoms with Crippen LogP contribution >= 0.6 is 12.6 Å². The molecule has 0 atom stereocenters. The summed E-state index contributed by atoms with van der Waals surface area (Å²) in [5.41, 5.74) is 7.30. The van der Waals surface area contributed by atoms with Gasteiger partial charge in [0.15, 0.2) is 0 Å². The Morgan fingerprint density at radius 3 is 1.36 bits per heavy atom. The Kier molecular flexibility index (Phi) is 4.41. The Labute approximate surface area is 154 Å². The molecule has 0 aromatic heterocycles. The van der Waals surface area contributed by atoms with Gasteiger partial charge < -0.3 is 0 Å². The largest absolute Gasteiger partial charge is 0.143 e. The van der Waals surface area contributed by atoms with Crippen LogP contribution in [0.3, 0.4) is 0 Å². The normalized spacial score (nSPS) is 10.6. The molecule has 0 N–H and O–H groups in total. The van der Waals surface area contributed by atoms with Crippen LogP contribution in [-0.4, -0.2) is 0 Å². The molecule has 0 nitrogen and oxygen atoms in total. The predicted octanol–water partition coefficient (Wildman–Crippen LogP) is 6.98. The highest BCUT2D eigenvalue weighted by Gasteiger charge is 2.12. The van der Waals surface area contributed by atoms with Crippen LogP contribution in [0, 0.1) is 0 Å². The molecule has 0 saturated heterocycles. The second-order valence-electron chi connectivity index (χ2n) is 5.97. The second kappa shape index (κ2) is 7.00. The van der Waals surface area contributed by atoms with Gasteiger partial charge in [-0.2, -0.15) is 0 Å². The Morgan fingerprint density at radius 2 is 0.760 bits per heavy atom. The molecule has 4 rings (SSSR count). The second-order valence-corrected chi connectivity index (χ2v) is 6.46. The van der Waals surface area contributed by atoms with Gasteiger partial charge in [-0.3, -0.25) is 0 Å². The van der Waals surface area contributed by atoms with E-state index in [1.165, 1.54) is 27.8 Å². The van der Waals surface area contributed by atoms with Crippen molar-refractivity contribution in [3.05, 3.63) is 103 Å². The molecule has 0 fully saturated rings. The van der Waals surface area contributed by atoms with Gasteiger partial charge >= 0.3 is 0 Å². The molecule has 4 aromatic carbocycles. The van der Waals surface area contributed by atoms with Gasteiger partial charge in [0.2, 0.25) is 0 Å². The molecule has 1 heteroatoms. The molecule has 0 heterocycles. The maximum Gasteiger partial charge on any atom is 0.0119 e. The lowest BCUT2D eigenvalue weighted by atomic mass is 9.89. The van der Waals surface area contributed by atoms with E-state index in [1.807, 2.05) is 12.1 Å². The van der Waals surface area contributed by atoms with Gasteiger partial charge in [-0.1, -0.05) is 97.1 Å². The number of hydrogen-bond acceptors (Lipinski definition) is 1. The van der Waals surface area contributed by atoms with Crippen LogP contribution in [0.5, 0.6) is 0 Å². The molecule has 25 heavy (non-hydrogen) atoms. The zero-order chi connectivity index (χ0) is 17.1. The van der Waals surface area contributed by atoms with Gasteiger partial charge in [-0.05, 0) is 39.4 Å². The Bertz CT molecular complexity index is 1000. The molecule has 0 aliphatic heterocycles. The van der Waals surface area contributed by atoms with E-state index in [-0.39, 0.29) is 0 Å². The summed E-state index contributed by atoms with van der Waals surface area (Å²) in [5, 5.41) is 0. The van der Waals surface area contributed by atoms with E-state index < -0.39 is 0 Å². The third-order valence-electron chi connectivity index (χ3n) is 4.42. The number of thiol groups is 1. The minimum absolute atomic E-state index is 0.993. The van der Waals surface area contributed by atoms with Crippen molar-refractivity contribution in [3.8, 4) is 33.4 Å². The van der Waals surface area contributed by atoms with Crippen LogP contribution in [0.15, 0.2) is 108 Å². The average Bonchev–Trinajstić information content (AvgIpc) is 2.69. The third kappa shape index (κ3) is 3.11. The first kappa shape index (κ1) is 15.7. The fourth-order valence-corrected chi connectivity index (χ4v) is 3.52. The summed E-state index contributed by atoms with van der Waals surface area (Å²) in [6, 6.07) is 35.9. The summed E-state index contributed by atoms with van der Waals surface area (Å²) in [7, 11) is 0. The molecule has 0 saturated carbocycles. The summed E-state index contributed by atoms with van der Waals surface area (Å²) in [6.45, 7) is 0. The van der Waals surface area contributed by atoms with E-state index in [2.05, 4.69) is 104 Å². The van der Waals surface area contributed by atoms with Crippen molar-refractivity contribution in [1.82, 2.24) is 0 Å². The fourth-order valence-electron chi connectivity index (χ4n) is 3.24. The van der Waals surface area contributed by atoms with Gasteiger partial charge in [0.1, 0.15) is 0 Å². The minimum atomic E-state index is 0.993. The van der Waals surface area contributed by atoms with Gasteiger partial charge in [-0.25, -0.2) is 0 Å². The zero-order valence-electron chi connectivity index (χ0n) is 13.8. The van der Waals surface area contributed by atoms with Crippen molar-refractivity contribution in [1.29, 1.82) is 0 Å².